The molecule has 6 heavy (non-hydrogen) atoms. The van der Waals surface area contributed by atoms with Gasteiger partial charge in [-0.25, -0.2) is 0 Å². The molecule has 32 valence electrons. The van der Waals surface area contributed by atoms with E-state index in [-0.39, 0.29) is 0 Å². The summed E-state index contributed by atoms with van der Waals surface area (Å²) >= 11 is 0. The van der Waals surface area contributed by atoms with Gasteiger partial charge in [0.25, 0.3) is 0 Å². The Morgan fingerprint density at radius 1 is 1.83 bits per heavy atom. The number of rotatable bonds is 0. The maximum absolute atomic E-state index is 3.85. The van der Waals surface area contributed by atoms with Gasteiger partial charge in [-0.3, -0.25) is 0 Å². The Balaban J connectivity index is 2.68. The van der Waals surface area contributed by atoms with Crippen molar-refractivity contribution in [2.75, 3.05) is 13.6 Å². The van der Waals surface area contributed by atoms with Crippen molar-refractivity contribution in [3.05, 3.63) is 0 Å². The number of azo groups is 1. The highest BCUT2D eigenvalue weighted by molar-refractivity contribution is 5.59. The van der Waals surface area contributed by atoms with Gasteiger partial charge in [0.15, 0.2) is 7.05 Å². The van der Waals surface area contributed by atoms with Crippen molar-refractivity contribution < 1.29 is 4.81 Å². The first kappa shape index (κ1) is 3.46. The number of hydrogen-bond donors (Lipinski definition) is 0. The van der Waals surface area contributed by atoms with Crippen LogP contribution in [0, 0.1) is 0 Å². The number of nitrogens with zero attached hydrogens (tertiary/aromatic N) is 3. The minimum Gasteiger partial charge on any atom is -0.00703 e. The summed E-state index contributed by atoms with van der Waals surface area (Å²) in [5.41, 5.74) is 0. The van der Waals surface area contributed by atoms with Gasteiger partial charge in [-0.15, -0.1) is 0 Å². The molecule has 0 N–H and O–H groups in total. The molecule has 3 heteroatoms. The first-order valence-corrected chi connectivity index (χ1v) is 1.83. The van der Waals surface area contributed by atoms with E-state index in [1.807, 2.05) is 7.05 Å². The lowest BCUT2D eigenvalue weighted by Gasteiger charge is -1.62. The van der Waals surface area contributed by atoms with Gasteiger partial charge >= 0.3 is 0 Å². The van der Waals surface area contributed by atoms with E-state index in [4.69, 9.17) is 0 Å². The van der Waals surface area contributed by atoms with Crippen LogP contribution in [0.2, 0.25) is 0 Å². The average molecular weight is 84.1 g/mol. The first-order chi connectivity index (χ1) is 2.89. The van der Waals surface area contributed by atoms with Gasteiger partial charge in [-0.05, 0) is 5.11 Å². The van der Waals surface area contributed by atoms with Crippen LogP contribution in [0.25, 0.3) is 0 Å². The van der Waals surface area contributed by atoms with E-state index >= 15 is 0 Å². The molecule has 0 bridgehead atoms. The van der Waals surface area contributed by atoms with Crippen molar-refractivity contribution in [2.45, 2.75) is 0 Å². The highest BCUT2D eigenvalue weighted by atomic mass is 15.5. The second-order valence-corrected chi connectivity index (χ2v) is 1.11. The molecule has 1 aliphatic heterocycles. The van der Waals surface area contributed by atoms with E-state index in [0.29, 0.717) is 0 Å². The summed E-state index contributed by atoms with van der Waals surface area (Å²) in [4.78, 5) is 1.56. The Morgan fingerprint density at radius 3 is 2.83 bits per heavy atom. The molecule has 3 nitrogen and oxygen atoms in total. The molecule has 0 aromatic carbocycles. The Hall–Kier alpha value is -0.730. The third-order valence-corrected chi connectivity index (χ3v) is 0.617. The largest absolute Gasteiger partial charge is 0.193 e. The monoisotopic (exact) mass is 84.1 g/mol. The summed E-state index contributed by atoms with van der Waals surface area (Å²) < 4.78 is 0. The Bertz CT molecular complexity index is 99.9. The lowest BCUT2D eigenvalue weighted by Crippen LogP contribution is -1.82. The van der Waals surface area contributed by atoms with E-state index in [1.54, 1.807) is 11.0 Å². The summed E-state index contributed by atoms with van der Waals surface area (Å²) in [6.07, 6.45) is 1.76. The lowest BCUT2D eigenvalue weighted by atomic mass is 10.8. The predicted octanol–water partition coefficient (Wildman–Crippen LogP) is 0.0803. The van der Waals surface area contributed by atoms with Gasteiger partial charge in [-0.2, -0.15) is 0 Å². The highest BCUT2D eigenvalue weighted by Crippen LogP contribution is 1.80. The van der Waals surface area contributed by atoms with Crippen molar-refractivity contribution in [2.24, 2.45) is 10.2 Å². The van der Waals surface area contributed by atoms with Crippen molar-refractivity contribution in [3.63, 3.8) is 0 Å². The SMILES string of the molecule is C[N+]1=NCC=N1. The predicted molar refractivity (Wildman–Crippen MR) is 22.0 cm³/mol. The van der Waals surface area contributed by atoms with Crippen LogP contribution in [0.5, 0.6) is 0 Å². The molecule has 0 atom stereocenters. The molecular weight excluding hydrogens is 78.1 g/mol. The molecule has 0 spiro atoms. The van der Waals surface area contributed by atoms with E-state index in [0.717, 1.165) is 6.54 Å². The van der Waals surface area contributed by atoms with E-state index in [1.165, 1.54) is 0 Å². The minimum absolute atomic E-state index is 0.747. The van der Waals surface area contributed by atoms with Crippen LogP contribution in [0.15, 0.2) is 10.2 Å². The normalized spacial score (nSPS) is 18.5. The summed E-state index contributed by atoms with van der Waals surface area (Å²) in [5.74, 6) is 0. The van der Waals surface area contributed by atoms with Crippen LogP contribution in [-0.4, -0.2) is 24.6 Å². The lowest BCUT2D eigenvalue weighted by molar-refractivity contribution is -0.565. The zero-order chi connectivity index (χ0) is 4.41. The maximum atomic E-state index is 3.85. The fraction of sp³-hybridized carbons (Fsp3) is 0.667. The first-order valence-electron chi connectivity index (χ1n) is 1.83. The van der Waals surface area contributed by atoms with Crippen LogP contribution in [-0.2, 0) is 0 Å². The van der Waals surface area contributed by atoms with Crippen LogP contribution in [0.4, 0.5) is 0 Å². The standard InChI is InChI=1S/C3H6N3/c1-6-4-2-3-5-6/h2H,3H2,1H3/q+1. The van der Waals surface area contributed by atoms with Gasteiger partial charge in [-0.1, -0.05) is 0 Å². The molecule has 0 saturated heterocycles. The van der Waals surface area contributed by atoms with Crippen LogP contribution < -0.4 is 0 Å². The molecular formula is C3H6N3+. The van der Waals surface area contributed by atoms with Crippen LogP contribution >= 0.6 is 0 Å². The topological polar surface area (TPSA) is 27.7 Å². The molecule has 0 unspecified atom stereocenters. The van der Waals surface area contributed by atoms with Crippen molar-refractivity contribution in [3.8, 4) is 0 Å². The Kier molecular flexibility index (Phi) is 0.670. The maximum Gasteiger partial charge on any atom is 0.193 e. The van der Waals surface area contributed by atoms with E-state index in [2.05, 4.69) is 10.2 Å². The second kappa shape index (κ2) is 1.16. The van der Waals surface area contributed by atoms with Crippen LogP contribution in [0.3, 0.4) is 0 Å². The van der Waals surface area contributed by atoms with Gasteiger partial charge in [0.2, 0.25) is 0 Å². The summed E-state index contributed by atoms with van der Waals surface area (Å²) in [5, 5.41) is 7.62. The average Bonchev–Trinajstić information content (AvgIpc) is 1.86. The third-order valence-electron chi connectivity index (χ3n) is 0.617. The molecule has 0 saturated carbocycles. The molecule has 1 heterocycles. The zero-order valence-corrected chi connectivity index (χ0v) is 3.63. The van der Waals surface area contributed by atoms with E-state index < -0.39 is 0 Å². The molecule has 0 aromatic heterocycles. The quantitative estimate of drug-likeness (QED) is 0.372. The van der Waals surface area contributed by atoms with Gasteiger partial charge in [0, 0.05) is 9.91 Å². The van der Waals surface area contributed by atoms with Crippen molar-refractivity contribution in [1.29, 1.82) is 0 Å². The zero-order valence-electron chi connectivity index (χ0n) is 3.63. The van der Waals surface area contributed by atoms with Gasteiger partial charge in [0.05, 0.1) is 0 Å². The molecule has 0 radical (unpaired) electrons. The van der Waals surface area contributed by atoms with Crippen molar-refractivity contribution >= 4 is 6.21 Å². The van der Waals surface area contributed by atoms with Gasteiger partial charge < -0.3 is 0 Å². The molecule has 0 fully saturated rings. The number of hydrogen-bond acceptors (Lipinski definition) is 2. The highest BCUT2D eigenvalue weighted by Gasteiger charge is 1.96. The molecule has 1 aliphatic rings. The summed E-state index contributed by atoms with van der Waals surface area (Å²) in [6.45, 7) is 0.747. The second-order valence-electron chi connectivity index (χ2n) is 1.11. The molecule has 0 aliphatic carbocycles. The summed E-state index contributed by atoms with van der Waals surface area (Å²) in [7, 11) is 1.81. The van der Waals surface area contributed by atoms with E-state index in [9.17, 15) is 0 Å². The van der Waals surface area contributed by atoms with Gasteiger partial charge in [0.1, 0.15) is 12.8 Å². The Morgan fingerprint density at radius 2 is 2.67 bits per heavy atom. The molecule has 0 aromatic rings. The fourth-order valence-corrected chi connectivity index (χ4v) is 0.346. The fourth-order valence-electron chi connectivity index (χ4n) is 0.346. The van der Waals surface area contributed by atoms with Crippen molar-refractivity contribution in [1.82, 2.24) is 0 Å². The summed E-state index contributed by atoms with van der Waals surface area (Å²) in [6, 6.07) is 0. The van der Waals surface area contributed by atoms with Crippen LogP contribution in [0.1, 0.15) is 0 Å². The molecule has 1 rings (SSSR count). The number of hydrazone groups is 1. The minimum atomic E-state index is 0.747. The Labute approximate surface area is 36.0 Å². The molecule has 0 amide bonds. The third kappa shape index (κ3) is 0.429. The smallest absolute Gasteiger partial charge is 0.00703 e.